The molecule has 2 aromatic carbocycles. The first-order chi connectivity index (χ1) is 13.0. The van der Waals surface area contributed by atoms with Gasteiger partial charge in [-0.2, -0.15) is 0 Å². The summed E-state index contributed by atoms with van der Waals surface area (Å²) in [6.07, 6.45) is 0. The predicted molar refractivity (Wildman–Crippen MR) is 103 cm³/mol. The number of methoxy groups -OCH3 is 1. The van der Waals surface area contributed by atoms with Crippen molar-refractivity contribution in [2.24, 2.45) is 7.05 Å². The van der Waals surface area contributed by atoms with Crippen LogP contribution in [0.3, 0.4) is 0 Å². The van der Waals surface area contributed by atoms with E-state index < -0.39 is 11.1 Å². The van der Waals surface area contributed by atoms with Crippen molar-refractivity contribution in [1.29, 1.82) is 0 Å². The van der Waals surface area contributed by atoms with E-state index in [-0.39, 0.29) is 11.6 Å². The number of para-hydroxylation sites is 1. The van der Waals surface area contributed by atoms with Gasteiger partial charge in [-0.3, -0.25) is 4.79 Å². The molecule has 0 saturated carbocycles. The van der Waals surface area contributed by atoms with Crippen molar-refractivity contribution in [3.63, 3.8) is 0 Å². The monoisotopic (exact) mass is 386 g/mol. The molecule has 0 bridgehead atoms. The normalized spacial score (nSPS) is 11.9. The smallest absolute Gasteiger partial charge is 0.237 e. The highest BCUT2D eigenvalue weighted by Crippen LogP contribution is 2.27. The minimum Gasteiger partial charge on any atom is -0.497 e. The molecule has 1 heterocycles. The van der Waals surface area contributed by atoms with Crippen molar-refractivity contribution in [2.75, 3.05) is 12.4 Å². The molecule has 6 nitrogen and oxygen atoms in total. The van der Waals surface area contributed by atoms with E-state index in [1.54, 1.807) is 26.2 Å². The molecule has 0 aliphatic rings. The Morgan fingerprint density at radius 3 is 2.56 bits per heavy atom. The summed E-state index contributed by atoms with van der Waals surface area (Å²) in [5, 5.41) is 11.1. The lowest BCUT2D eigenvalue weighted by molar-refractivity contribution is -0.115. The number of amides is 1. The van der Waals surface area contributed by atoms with Gasteiger partial charge in [0.1, 0.15) is 11.6 Å². The van der Waals surface area contributed by atoms with E-state index in [9.17, 15) is 9.18 Å². The molecule has 1 atom stereocenters. The minimum absolute atomic E-state index is 0.159. The van der Waals surface area contributed by atoms with Crippen LogP contribution in [0, 0.1) is 5.82 Å². The number of ether oxygens (including phenoxy) is 1. The van der Waals surface area contributed by atoms with E-state index in [2.05, 4.69) is 15.5 Å². The lowest BCUT2D eigenvalue weighted by Gasteiger charge is -2.12. The van der Waals surface area contributed by atoms with Crippen LogP contribution in [0.4, 0.5) is 10.1 Å². The minimum atomic E-state index is -0.476. The Kier molecular flexibility index (Phi) is 5.75. The second-order valence-corrected chi connectivity index (χ2v) is 7.13. The van der Waals surface area contributed by atoms with Gasteiger partial charge in [-0.25, -0.2) is 4.39 Å². The summed E-state index contributed by atoms with van der Waals surface area (Å²) in [5.74, 6) is 0.665. The molecule has 0 aliphatic heterocycles. The molecule has 1 aromatic heterocycles. The number of hydrogen-bond acceptors (Lipinski definition) is 5. The number of thioether (sulfide) groups is 1. The van der Waals surface area contributed by atoms with E-state index in [4.69, 9.17) is 4.74 Å². The van der Waals surface area contributed by atoms with Gasteiger partial charge < -0.3 is 14.6 Å². The lowest BCUT2D eigenvalue weighted by Crippen LogP contribution is -2.23. The van der Waals surface area contributed by atoms with Gasteiger partial charge in [0.15, 0.2) is 11.0 Å². The molecule has 27 heavy (non-hydrogen) atoms. The largest absolute Gasteiger partial charge is 0.497 e. The molecule has 0 radical (unpaired) electrons. The first kappa shape index (κ1) is 18.9. The number of rotatable bonds is 6. The van der Waals surface area contributed by atoms with Crippen LogP contribution in [-0.2, 0) is 11.8 Å². The Morgan fingerprint density at radius 2 is 1.89 bits per heavy atom. The quantitative estimate of drug-likeness (QED) is 0.654. The van der Waals surface area contributed by atoms with Gasteiger partial charge in [0.05, 0.1) is 18.0 Å². The van der Waals surface area contributed by atoms with Crippen molar-refractivity contribution >= 4 is 23.4 Å². The number of benzene rings is 2. The molecule has 140 valence electrons. The molecule has 8 heteroatoms. The van der Waals surface area contributed by atoms with Gasteiger partial charge in [-0.15, -0.1) is 10.2 Å². The molecule has 0 unspecified atom stereocenters. The summed E-state index contributed by atoms with van der Waals surface area (Å²) >= 11 is 1.26. The van der Waals surface area contributed by atoms with Crippen LogP contribution in [-0.4, -0.2) is 33.0 Å². The number of hydrogen-bond donors (Lipinski definition) is 1. The highest BCUT2D eigenvalue weighted by atomic mass is 32.2. The van der Waals surface area contributed by atoms with E-state index in [0.29, 0.717) is 11.0 Å². The molecule has 0 spiro atoms. The second-order valence-electron chi connectivity index (χ2n) is 5.82. The van der Waals surface area contributed by atoms with Crippen LogP contribution >= 0.6 is 11.8 Å². The fourth-order valence-electron chi connectivity index (χ4n) is 2.42. The topological polar surface area (TPSA) is 69.0 Å². The second kappa shape index (κ2) is 8.22. The SMILES string of the molecule is COc1ccc(-c2nnc(S[C@H](C)C(=O)Nc3ccccc3F)n2C)cc1. The summed E-state index contributed by atoms with van der Waals surface area (Å²) in [6, 6.07) is 13.6. The van der Waals surface area contributed by atoms with E-state index >= 15 is 0 Å². The third-order valence-corrected chi connectivity index (χ3v) is 5.10. The zero-order chi connectivity index (χ0) is 19.4. The summed E-state index contributed by atoms with van der Waals surface area (Å²) in [4.78, 5) is 12.4. The van der Waals surface area contributed by atoms with Crippen LogP contribution < -0.4 is 10.1 Å². The molecule has 3 aromatic rings. The number of halogens is 1. The van der Waals surface area contributed by atoms with E-state index in [1.165, 1.54) is 23.9 Å². The fraction of sp³-hybridized carbons (Fsp3) is 0.211. The number of aromatic nitrogens is 3. The molecule has 0 fully saturated rings. The van der Waals surface area contributed by atoms with Crippen LogP contribution in [0.2, 0.25) is 0 Å². The van der Waals surface area contributed by atoms with Crippen molar-refractivity contribution in [1.82, 2.24) is 14.8 Å². The Labute approximate surface area is 160 Å². The zero-order valence-electron chi connectivity index (χ0n) is 15.1. The van der Waals surface area contributed by atoms with E-state index in [1.807, 2.05) is 35.9 Å². The summed E-state index contributed by atoms with van der Waals surface area (Å²) < 4.78 is 20.7. The first-order valence-electron chi connectivity index (χ1n) is 8.25. The van der Waals surface area contributed by atoms with Crippen LogP contribution in [0.5, 0.6) is 5.75 Å². The van der Waals surface area contributed by atoms with Gasteiger partial charge in [0, 0.05) is 12.6 Å². The number of carbonyl (C=O) groups excluding carboxylic acids is 1. The zero-order valence-corrected chi connectivity index (χ0v) is 16.0. The predicted octanol–water partition coefficient (Wildman–Crippen LogP) is 3.75. The highest BCUT2D eigenvalue weighted by Gasteiger charge is 2.20. The van der Waals surface area contributed by atoms with Gasteiger partial charge >= 0.3 is 0 Å². The Hall–Kier alpha value is -2.87. The third kappa shape index (κ3) is 4.28. The number of anilines is 1. The molecule has 1 N–H and O–H groups in total. The maximum Gasteiger partial charge on any atom is 0.237 e. The molecular formula is C19H19FN4O2S. The van der Waals surface area contributed by atoms with Crippen LogP contribution in [0.1, 0.15) is 6.92 Å². The lowest BCUT2D eigenvalue weighted by atomic mass is 10.2. The van der Waals surface area contributed by atoms with Gasteiger partial charge in [0.2, 0.25) is 5.91 Å². The van der Waals surface area contributed by atoms with E-state index in [0.717, 1.165) is 11.3 Å². The van der Waals surface area contributed by atoms with Crippen molar-refractivity contribution in [3.8, 4) is 17.1 Å². The average Bonchev–Trinajstić information content (AvgIpc) is 3.04. The standard InChI is InChI=1S/C19H19FN4O2S/c1-12(18(25)21-16-7-5-4-6-15(16)20)27-19-23-22-17(24(19)2)13-8-10-14(26-3)11-9-13/h4-12H,1-3H3,(H,21,25)/t12-/m1/s1. The summed E-state index contributed by atoms with van der Waals surface area (Å²) in [5.41, 5.74) is 1.05. The van der Waals surface area contributed by atoms with Crippen molar-refractivity contribution in [3.05, 3.63) is 54.3 Å². The highest BCUT2D eigenvalue weighted by molar-refractivity contribution is 8.00. The van der Waals surface area contributed by atoms with Gasteiger partial charge in [0.25, 0.3) is 0 Å². The average molecular weight is 386 g/mol. The molecule has 3 rings (SSSR count). The molecule has 1 amide bonds. The molecular weight excluding hydrogens is 367 g/mol. The maximum absolute atomic E-state index is 13.7. The van der Waals surface area contributed by atoms with Gasteiger partial charge in [-0.05, 0) is 43.3 Å². The van der Waals surface area contributed by atoms with Crippen LogP contribution in [0.25, 0.3) is 11.4 Å². The molecule has 0 saturated heterocycles. The first-order valence-corrected chi connectivity index (χ1v) is 9.13. The summed E-state index contributed by atoms with van der Waals surface area (Å²) in [6.45, 7) is 1.74. The number of nitrogens with zero attached hydrogens (tertiary/aromatic N) is 3. The number of carbonyl (C=O) groups is 1. The Morgan fingerprint density at radius 1 is 1.19 bits per heavy atom. The Bertz CT molecular complexity index is 943. The van der Waals surface area contributed by atoms with Crippen molar-refractivity contribution < 1.29 is 13.9 Å². The fourth-order valence-corrected chi connectivity index (χ4v) is 3.23. The third-order valence-electron chi connectivity index (χ3n) is 3.97. The summed E-state index contributed by atoms with van der Waals surface area (Å²) in [7, 11) is 3.45. The van der Waals surface area contributed by atoms with Crippen LogP contribution in [0.15, 0.2) is 53.7 Å². The number of nitrogens with one attached hydrogen (secondary N) is 1. The van der Waals surface area contributed by atoms with Crippen molar-refractivity contribution in [2.45, 2.75) is 17.3 Å². The van der Waals surface area contributed by atoms with Gasteiger partial charge in [-0.1, -0.05) is 23.9 Å². The Balaban J connectivity index is 1.71. The molecule has 0 aliphatic carbocycles. The maximum atomic E-state index is 13.7.